The Morgan fingerprint density at radius 1 is 1.12 bits per heavy atom. The molecule has 0 saturated carbocycles. The molecule has 1 atom stereocenters. The molecule has 0 spiro atoms. The van der Waals surface area contributed by atoms with Gasteiger partial charge in [0.05, 0.1) is 0 Å². The molecule has 1 unspecified atom stereocenters. The fraction of sp³-hybridized carbons (Fsp3) is 0.375. The Balaban J connectivity index is 2.15. The van der Waals surface area contributed by atoms with Crippen LogP contribution in [0.25, 0.3) is 0 Å². The van der Waals surface area contributed by atoms with E-state index < -0.39 is 29.8 Å². The van der Waals surface area contributed by atoms with E-state index in [9.17, 15) is 19.2 Å². The monoisotopic (exact) mass is 332 g/mol. The highest BCUT2D eigenvalue weighted by Crippen LogP contribution is 2.14. The normalized spacial score (nSPS) is 15.9. The lowest BCUT2D eigenvalue weighted by atomic mass is 10.1. The van der Waals surface area contributed by atoms with Crippen LogP contribution < -0.4 is 10.6 Å². The van der Waals surface area contributed by atoms with Crippen molar-refractivity contribution in [3.63, 3.8) is 0 Å². The number of carbonyl (C=O) groups is 4. The minimum absolute atomic E-state index is 0.0967. The van der Waals surface area contributed by atoms with Crippen molar-refractivity contribution in [2.24, 2.45) is 0 Å². The molecular formula is C16H20N4O4. The molecule has 128 valence electrons. The summed E-state index contributed by atoms with van der Waals surface area (Å²) in [6, 6.07) is 6.96. The maximum atomic E-state index is 12.4. The van der Waals surface area contributed by atoms with E-state index in [0.717, 1.165) is 4.90 Å². The van der Waals surface area contributed by atoms with Gasteiger partial charge in [0.25, 0.3) is 0 Å². The van der Waals surface area contributed by atoms with Gasteiger partial charge in [-0.1, -0.05) is 30.3 Å². The SMILES string of the molecule is CCN1CCN(C(=O)NC(C(=O)NC)c2ccccc2)C(=O)C1=O. The predicted molar refractivity (Wildman–Crippen MR) is 85.7 cm³/mol. The molecule has 0 bridgehead atoms. The van der Waals surface area contributed by atoms with E-state index in [-0.39, 0.29) is 13.1 Å². The molecule has 5 amide bonds. The lowest BCUT2D eigenvalue weighted by molar-refractivity contribution is -0.153. The second kappa shape index (κ2) is 7.58. The summed E-state index contributed by atoms with van der Waals surface area (Å²) < 4.78 is 0. The molecule has 2 N–H and O–H groups in total. The first kappa shape index (κ1) is 17.5. The highest BCUT2D eigenvalue weighted by molar-refractivity contribution is 6.38. The highest BCUT2D eigenvalue weighted by atomic mass is 16.2. The number of rotatable bonds is 4. The van der Waals surface area contributed by atoms with Crippen LogP contribution in [0.4, 0.5) is 4.79 Å². The first-order valence-electron chi connectivity index (χ1n) is 7.67. The fourth-order valence-corrected chi connectivity index (χ4v) is 2.46. The molecule has 0 aliphatic carbocycles. The zero-order valence-electron chi connectivity index (χ0n) is 13.6. The van der Waals surface area contributed by atoms with E-state index in [4.69, 9.17) is 0 Å². The van der Waals surface area contributed by atoms with Gasteiger partial charge in [-0.25, -0.2) is 4.79 Å². The quantitative estimate of drug-likeness (QED) is 0.751. The number of carbonyl (C=O) groups excluding carboxylic acids is 4. The molecule has 1 aliphatic heterocycles. The Labute approximate surface area is 139 Å². The summed E-state index contributed by atoms with van der Waals surface area (Å²) in [4.78, 5) is 50.6. The first-order valence-corrected chi connectivity index (χ1v) is 7.67. The van der Waals surface area contributed by atoms with Crippen LogP contribution >= 0.6 is 0 Å². The standard InChI is InChI=1S/C16H20N4O4/c1-3-19-9-10-20(15(23)14(19)22)16(24)18-12(13(21)17-2)11-7-5-4-6-8-11/h4-8,12H,3,9-10H2,1-2H3,(H,17,21)(H,18,24). The third-order valence-electron chi connectivity index (χ3n) is 3.85. The summed E-state index contributed by atoms with van der Waals surface area (Å²) in [6.45, 7) is 2.55. The minimum Gasteiger partial charge on any atom is -0.357 e. The number of nitrogens with one attached hydrogen (secondary N) is 2. The van der Waals surface area contributed by atoms with Crippen LogP contribution in [0.3, 0.4) is 0 Å². The largest absolute Gasteiger partial charge is 0.357 e. The Morgan fingerprint density at radius 2 is 1.79 bits per heavy atom. The number of likely N-dealkylation sites (N-methyl/N-ethyl adjacent to an activating group) is 2. The molecule has 2 rings (SSSR count). The molecule has 1 aromatic rings. The van der Waals surface area contributed by atoms with Crippen molar-refractivity contribution < 1.29 is 19.2 Å². The number of imide groups is 1. The molecule has 1 saturated heterocycles. The molecule has 1 aromatic carbocycles. The lowest BCUT2D eigenvalue weighted by Crippen LogP contribution is -2.59. The third kappa shape index (κ3) is 3.53. The summed E-state index contributed by atoms with van der Waals surface area (Å²) in [6.07, 6.45) is 0. The molecular weight excluding hydrogens is 312 g/mol. The van der Waals surface area contributed by atoms with Crippen molar-refractivity contribution in [3.8, 4) is 0 Å². The first-order chi connectivity index (χ1) is 11.5. The second-order valence-corrected chi connectivity index (χ2v) is 5.25. The number of hydrogen-bond acceptors (Lipinski definition) is 4. The van der Waals surface area contributed by atoms with E-state index in [2.05, 4.69) is 10.6 Å². The summed E-state index contributed by atoms with van der Waals surface area (Å²) >= 11 is 0. The molecule has 1 fully saturated rings. The average Bonchev–Trinajstić information content (AvgIpc) is 2.61. The second-order valence-electron chi connectivity index (χ2n) is 5.25. The van der Waals surface area contributed by atoms with Gasteiger partial charge in [-0.3, -0.25) is 19.3 Å². The zero-order chi connectivity index (χ0) is 17.7. The van der Waals surface area contributed by atoms with E-state index >= 15 is 0 Å². The Hall–Kier alpha value is -2.90. The summed E-state index contributed by atoms with van der Waals surface area (Å²) in [7, 11) is 1.46. The van der Waals surface area contributed by atoms with Crippen molar-refractivity contribution in [1.29, 1.82) is 0 Å². The van der Waals surface area contributed by atoms with Crippen LogP contribution in [0.15, 0.2) is 30.3 Å². The molecule has 0 radical (unpaired) electrons. The number of amides is 5. The zero-order valence-corrected chi connectivity index (χ0v) is 13.6. The van der Waals surface area contributed by atoms with Crippen molar-refractivity contribution in [1.82, 2.24) is 20.4 Å². The molecule has 8 heteroatoms. The van der Waals surface area contributed by atoms with Gasteiger partial charge in [0.15, 0.2) is 0 Å². The smallest absolute Gasteiger partial charge is 0.325 e. The van der Waals surface area contributed by atoms with Gasteiger partial charge in [-0.15, -0.1) is 0 Å². The number of urea groups is 1. The Morgan fingerprint density at radius 3 is 2.38 bits per heavy atom. The van der Waals surface area contributed by atoms with E-state index in [1.807, 2.05) is 0 Å². The number of nitrogens with zero attached hydrogens (tertiary/aromatic N) is 2. The number of hydrogen-bond donors (Lipinski definition) is 2. The summed E-state index contributed by atoms with van der Waals surface area (Å²) in [5.41, 5.74) is 0.580. The van der Waals surface area contributed by atoms with E-state index in [0.29, 0.717) is 12.1 Å². The van der Waals surface area contributed by atoms with Crippen LogP contribution in [0.1, 0.15) is 18.5 Å². The molecule has 0 aromatic heterocycles. The van der Waals surface area contributed by atoms with Crippen LogP contribution in [-0.4, -0.2) is 60.2 Å². The molecule has 1 heterocycles. The maximum Gasteiger partial charge on any atom is 0.325 e. The van der Waals surface area contributed by atoms with Gasteiger partial charge in [0.2, 0.25) is 5.91 Å². The van der Waals surface area contributed by atoms with Gasteiger partial charge >= 0.3 is 17.8 Å². The topological polar surface area (TPSA) is 98.8 Å². The van der Waals surface area contributed by atoms with Crippen molar-refractivity contribution in [2.75, 3.05) is 26.7 Å². The van der Waals surface area contributed by atoms with Crippen molar-refractivity contribution >= 4 is 23.8 Å². The lowest BCUT2D eigenvalue weighted by Gasteiger charge is -2.32. The highest BCUT2D eigenvalue weighted by Gasteiger charge is 2.36. The van der Waals surface area contributed by atoms with Crippen LogP contribution in [0.5, 0.6) is 0 Å². The number of piperazine rings is 1. The maximum absolute atomic E-state index is 12.4. The van der Waals surface area contributed by atoms with E-state index in [1.165, 1.54) is 11.9 Å². The van der Waals surface area contributed by atoms with Crippen LogP contribution in [0.2, 0.25) is 0 Å². The fourth-order valence-electron chi connectivity index (χ4n) is 2.46. The minimum atomic E-state index is -0.948. The Kier molecular flexibility index (Phi) is 5.51. The van der Waals surface area contributed by atoms with Gasteiger partial charge in [-0.2, -0.15) is 0 Å². The van der Waals surface area contributed by atoms with E-state index in [1.54, 1.807) is 37.3 Å². The van der Waals surface area contributed by atoms with Gasteiger partial charge in [0, 0.05) is 26.7 Å². The van der Waals surface area contributed by atoms with Crippen LogP contribution in [-0.2, 0) is 14.4 Å². The van der Waals surface area contributed by atoms with Gasteiger partial charge in [0.1, 0.15) is 6.04 Å². The van der Waals surface area contributed by atoms with Crippen LogP contribution in [0, 0.1) is 0 Å². The molecule has 8 nitrogen and oxygen atoms in total. The van der Waals surface area contributed by atoms with Gasteiger partial charge in [-0.05, 0) is 12.5 Å². The third-order valence-corrected chi connectivity index (χ3v) is 3.85. The summed E-state index contributed by atoms with van der Waals surface area (Å²) in [5.74, 6) is -2.01. The Bertz CT molecular complexity index is 647. The van der Waals surface area contributed by atoms with Crippen molar-refractivity contribution in [3.05, 3.63) is 35.9 Å². The number of benzene rings is 1. The molecule has 1 aliphatic rings. The van der Waals surface area contributed by atoms with Crippen molar-refractivity contribution in [2.45, 2.75) is 13.0 Å². The average molecular weight is 332 g/mol. The predicted octanol–water partition coefficient (Wildman–Crippen LogP) is -0.126. The summed E-state index contributed by atoms with van der Waals surface area (Å²) in [5, 5.41) is 5.00. The van der Waals surface area contributed by atoms with Gasteiger partial charge < -0.3 is 15.5 Å². The molecule has 24 heavy (non-hydrogen) atoms.